The molecule has 0 heterocycles. The van der Waals surface area contributed by atoms with Crippen molar-refractivity contribution < 1.29 is 4.21 Å². The molecule has 1 aromatic carbocycles. The largest absolute Gasteiger partial charge is 0.236 e. The highest BCUT2D eigenvalue weighted by Crippen LogP contribution is 2.16. The molecule has 0 amide bonds. The average molecular weight is 219 g/mol. The van der Waals surface area contributed by atoms with Crippen molar-refractivity contribution in [1.29, 1.82) is 4.78 Å². The summed E-state index contributed by atoms with van der Waals surface area (Å²) in [5.41, 5.74) is 0. The zero-order valence-electron chi connectivity index (χ0n) is 7.45. The SMILES string of the molecule is CN(C)S(=N)(=O)c1ccc(Cl)cc1. The van der Waals surface area contributed by atoms with Gasteiger partial charge in [0.1, 0.15) is 9.92 Å². The zero-order valence-corrected chi connectivity index (χ0v) is 9.02. The Morgan fingerprint density at radius 2 is 1.77 bits per heavy atom. The smallest absolute Gasteiger partial charge is 0.136 e. The topological polar surface area (TPSA) is 44.2 Å². The molecule has 0 aromatic heterocycles. The van der Waals surface area contributed by atoms with Crippen molar-refractivity contribution >= 4 is 21.5 Å². The standard InChI is InChI=1S/C8H11ClN2OS/c1-11(2)13(10,12)8-5-3-7(9)4-6-8/h3-6,10H,1-2H3. The van der Waals surface area contributed by atoms with Gasteiger partial charge in [0.15, 0.2) is 0 Å². The van der Waals surface area contributed by atoms with Crippen LogP contribution >= 0.6 is 11.6 Å². The molecule has 0 radical (unpaired) electrons. The summed E-state index contributed by atoms with van der Waals surface area (Å²) in [6.07, 6.45) is 0. The Kier molecular flexibility index (Phi) is 2.95. The number of nitrogens with one attached hydrogen (secondary N) is 1. The van der Waals surface area contributed by atoms with Crippen molar-refractivity contribution in [3.05, 3.63) is 29.3 Å². The summed E-state index contributed by atoms with van der Waals surface area (Å²) in [6, 6.07) is 6.48. The number of rotatable bonds is 2. The van der Waals surface area contributed by atoms with Crippen LogP contribution in [0.15, 0.2) is 29.2 Å². The van der Waals surface area contributed by atoms with Crippen LogP contribution in [0.2, 0.25) is 5.02 Å². The van der Waals surface area contributed by atoms with Gasteiger partial charge in [0.25, 0.3) is 0 Å². The summed E-state index contributed by atoms with van der Waals surface area (Å²) in [7, 11) is 0.411. The van der Waals surface area contributed by atoms with Crippen LogP contribution in [0.5, 0.6) is 0 Å². The molecule has 3 nitrogen and oxygen atoms in total. The van der Waals surface area contributed by atoms with Crippen LogP contribution in [-0.4, -0.2) is 22.6 Å². The first-order chi connectivity index (χ1) is 5.94. The van der Waals surface area contributed by atoms with Gasteiger partial charge in [0.2, 0.25) is 0 Å². The molecule has 0 fully saturated rings. The molecule has 5 heteroatoms. The summed E-state index contributed by atoms with van der Waals surface area (Å²) < 4.78 is 20.7. The molecule has 1 N–H and O–H groups in total. The van der Waals surface area contributed by atoms with Crippen LogP contribution in [-0.2, 0) is 9.92 Å². The van der Waals surface area contributed by atoms with Gasteiger partial charge in [-0.2, -0.15) is 0 Å². The van der Waals surface area contributed by atoms with Crippen molar-refractivity contribution in [1.82, 2.24) is 4.31 Å². The molecule has 0 spiro atoms. The lowest BCUT2D eigenvalue weighted by Gasteiger charge is -2.14. The number of halogens is 1. The molecule has 0 saturated carbocycles. The van der Waals surface area contributed by atoms with Crippen molar-refractivity contribution in [2.24, 2.45) is 0 Å². The van der Waals surface area contributed by atoms with Gasteiger partial charge < -0.3 is 0 Å². The van der Waals surface area contributed by atoms with Crippen LogP contribution in [0, 0.1) is 4.78 Å². The molecule has 0 bridgehead atoms. The molecule has 72 valence electrons. The molecule has 1 atom stereocenters. The predicted octanol–water partition coefficient (Wildman–Crippen LogP) is 2.22. The highest BCUT2D eigenvalue weighted by atomic mass is 35.5. The van der Waals surface area contributed by atoms with Crippen LogP contribution in [0.3, 0.4) is 0 Å². The summed E-state index contributed by atoms with van der Waals surface area (Å²) in [6.45, 7) is 0. The minimum absolute atomic E-state index is 0.474. The maximum absolute atomic E-state index is 11.7. The lowest BCUT2D eigenvalue weighted by Crippen LogP contribution is -2.20. The third-order valence-corrected chi connectivity index (χ3v) is 3.84. The van der Waals surface area contributed by atoms with Gasteiger partial charge >= 0.3 is 0 Å². The molecule has 0 aliphatic heterocycles. The average Bonchev–Trinajstić information content (AvgIpc) is 2.04. The van der Waals surface area contributed by atoms with E-state index in [0.717, 1.165) is 0 Å². The van der Waals surface area contributed by atoms with Crippen LogP contribution in [0.4, 0.5) is 0 Å². The Morgan fingerprint density at radius 3 is 2.15 bits per heavy atom. The van der Waals surface area contributed by atoms with Crippen molar-refractivity contribution in [3.8, 4) is 0 Å². The first-order valence-electron chi connectivity index (χ1n) is 3.66. The van der Waals surface area contributed by atoms with Gasteiger partial charge in [-0.3, -0.25) is 0 Å². The van der Waals surface area contributed by atoms with Gasteiger partial charge in [-0.25, -0.2) is 13.3 Å². The maximum Gasteiger partial charge on any atom is 0.136 e. The second kappa shape index (κ2) is 3.65. The summed E-state index contributed by atoms with van der Waals surface area (Å²) >= 11 is 5.67. The van der Waals surface area contributed by atoms with Crippen molar-refractivity contribution in [2.45, 2.75) is 4.90 Å². The van der Waals surface area contributed by atoms with E-state index in [1.807, 2.05) is 0 Å². The molecule has 0 saturated heterocycles. The quantitative estimate of drug-likeness (QED) is 0.813. The van der Waals surface area contributed by atoms with Crippen LogP contribution in [0.25, 0.3) is 0 Å². The number of hydrogen-bond acceptors (Lipinski definition) is 2. The molecular formula is C8H11ClN2OS. The zero-order chi connectivity index (χ0) is 10.1. The van der Waals surface area contributed by atoms with Gasteiger partial charge in [-0.1, -0.05) is 11.6 Å². The Balaban J connectivity index is 3.17. The van der Waals surface area contributed by atoms with Crippen LogP contribution < -0.4 is 0 Å². The van der Waals surface area contributed by atoms with E-state index >= 15 is 0 Å². The number of nitrogens with zero attached hydrogens (tertiary/aromatic N) is 1. The van der Waals surface area contributed by atoms with Crippen molar-refractivity contribution in [2.75, 3.05) is 14.1 Å². The van der Waals surface area contributed by atoms with E-state index in [9.17, 15) is 4.21 Å². The van der Waals surface area contributed by atoms with E-state index < -0.39 is 9.92 Å². The van der Waals surface area contributed by atoms with Crippen molar-refractivity contribution in [3.63, 3.8) is 0 Å². The van der Waals surface area contributed by atoms with E-state index in [1.165, 1.54) is 4.31 Å². The maximum atomic E-state index is 11.7. The third kappa shape index (κ3) is 2.21. The minimum Gasteiger partial charge on any atom is -0.236 e. The molecule has 1 unspecified atom stereocenters. The highest BCUT2D eigenvalue weighted by molar-refractivity contribution is 7.90. The Bertz CT molecular complexity index is 383. The van der Waals surface area contributed by atoms with Gasteiger partial charge in [-0.05, 0) is 24.3 Å². The van der Waals surface area contributed by atoms with E-state index in [2.05, 4.69) is 0 Å². The fourth-order valence-corrected chi connectivity index (χ4v) is 1.88. The molecule has 0 aliphatic rings. The third-order valence-electron chi connectivity index (χ3n) is 1.65. The summed E-state index contributed by atoms with van der Waals surface area (Å²) in [4.78, 5) is 0.474. The van der Waals surface area contributed by atoms with E-state index in [-0.39, 0.29) is 0 Å². The normalized spacial score (nSPS) is 15.7. The fraction of sp³-hybridized carbons (Fsp3) is 0.250. The lowest BCUT2D eigenvalue weighted by atomic mass is 10.4. The van der Waals surface area contributed by atoms with Gasteiger partial charge in [-0.15, -0.1) is 0 Å². The molecule has 13 heavy (non-hydrogen) atoms. The minimum atomic E-state index is -2.82. The second-order valence-corrected chi connectivity index (χ2v) is 5.48. The fourth-order valence-electron chi connectivity index (χ4n) is 0.830. The van der Waals surface area contributed by atoms with E-state index in [1.54, 1.807) is 38.4 Å². The Morgan fingerprint density at radius 1 is 1.31 bits per heavy atom. The van der Waals surface area contributed by atoms with Gasteiger partial charge in [0, 0.05) is 19.1 Å². The summed E-state index contributed by atoms with van der Waals surface area (Å²) in [5, 5.41) is 0.581. The lowest BCUT2D eigenvalue weighted by molar-refractivity contribution is 0.589. The molecule has 0 aliphatic carbocycles. The second-order valence-electron chi connectivity index (χ2n) is 2.79. The molecule has 1 aromatic rings. The molecule has 1 rings (SSSR count). The van der Waals surface area contributed by atoms with E-state index in [0.29, 0.717) is 9.92 Å². The van der Waals surface area contributed by atoms with Gasteiger partial charge in [0.05, 0.1) is 4.90 Å². The predicted molar refractivity (Wildman–Crippen MR) is 54.3 cm³/mol. The Labute approximate surface area is 83.4 Å². The first-order valence-corrected chi connectivity index (χ1v) is 5.56. The number of benzene rings is 1. The van der Waals surface area contributed by atoms with Crippen LogP contribution in [0.1, 0.15) is 0 Å². The first kappa shape index (κ1) is 10.5. The monoisotopic (exact) mass is 218 g/mol. The molecular weight excluding hydrogens is 208 g/mol. The Hall–Kier alpha value is -0.580. The number of hydrogen-bond donors (Lipinski definition) is 1. The van der Waals surface area contributed by atoms with E-state index in [4.69, 9.17) is 16.4 Å². The summed E-state index contributed by atoms with van der Waals surface area (Å²) in [5.74, 6) is 0. The highest BCUT2D eigenvalue weighted by Gasteiger charge is 2.11.